The van der Waals surface area contributed by atoms with Crippen LogP contribution in [0.4, 0.5) is 0 Å². The predicted molar refractivity (Wildman–Crippen MR) is 77.6 cm³/mol. The van der Waals surface area contributed by atoms with Crippen LogP contribution in [0.25, 0.3) is 0 Å². The summed E-state index contributed by atoms with van der Waals surface area (Å²) in [5.74, 6) is 0.107. The van der Waals surface area contributed by atoms with Crippen molar-refractivity contribution < 1.29 is 9.53 Å². The van der Waals surface area contributed by atoms with Crippen molar-refractivity contribution >= 4 is 24.2 Å². The first kappa shape index (κ1) is 14.9. The standard InChI is InChI=1S/C13H21BrO2Si/c1-10(9-15)13(16-17(2,3)4)11-6-5-7-12(14)8-11/h5-8,10,13,15H,9H2,1-4H3/t10-,13-/m0/s1. The smallest absolute Gasteiger partial charge is 0.184 e. The molecule has 17 heavy (non-hydrogen) atoms. The summed E-state index contributed by atoms with van der Waals surface area (Å²) in [7, 11) is -1.63. The average Bonchev–Trinajstić information content (AvgIpc) is 2.23. The van der Waals surface area contributed by atoms with Gasteiger partial charge in [-0.2, -0.15) is 0 Å². The van der Waals surface area contributed by atoms with Gasteiger partial charge < -0.3 is 9.53 Å². The fourth-order valence-corrected chi connectivity index (χ4v) is 3.22. The van der Waals surface area contributed by atoms with E-state index in [-0.39, 0.29) is 18.6 Å². The van der Waals surface area contributed by atoms with Gasteiger partial charge in [-0.15, -0.1) is 0 Å². The van der Waals surface area contributed by atoms with Gasteiger partial charge in [0.2, 0.25) is 0 Å². The van der Waals surface area contributed by atoms with Crippen molar-refractivity contribution in [1.29, 1.82) is 0 Å². The van der Waals surface area contributed by atoms with Gasteiger partial charge in [-0.25, -0.2) is 0 Å². The first-order chi connectivity index (χ1) is 7.83. The van der Waals surface area contributed by atoms with Crippen LogP contribution in [0.15, 0.2) is 28.7 Å². The van der Waals surface area contributed by atoms with Crippen molar-refractivity contribution in [3.05, 3.63) is 34.3 Å². The summed E-state index contributed by atoms with van der Waals surface area (Å²) in [5.41, 5.74) is 1.13. The highest BCUT2D eigenvalue weighted by Crippen LogP contribution is 2.30. The van der Waals surface area contributed by atoms with Crippen molar-refractivity contribution in [2.45, 2.75) is 32.7 Å². The molecule has 1 aromatic rings. The maximum absolute atomic E-state index is 9.36. The lowest BCUT2D eigenvalue weighted by atomic mass is 9.98. The minimum atomic E-state index is -1.63. The van der Waals surface area contributed by atoms with Crippen molar-refractivity contribution in [3.8, 4) is 0 Å². The number of hydrogen-bond donors (Lipinski definition) is 1. The second-order valence-corrected chi connectivity index (χ2v) is 10.7. The van der Waals surface area contributed by atoms with Crippen LogP contribution in [0.1, 0.15) is 18.6 Å². The normalized spacial score (nSPS) is 15.6. The molecule has 2 nitrogen and oxygen atoms in total. The van der Waals surface area contributed by atoms with Crippen LogP contribution in [0.5, 0.6) is 0 Å². The summed E-state index contributed by atoms with van der Waals surface area (Å²) >= 11 is 3.47. The van der Waals surface area contributed by atoms with Crippen molar-refractivity contribution in [3.63, 3.8) is 0 Å². The number of aliphatic hydroxyl groups is 1. The molecule has 4 heteroatoms. The van der Waals surface area contributed by atoms with Gasteiger partial charge in [0.15, 0.2) is 8.32 Å². The maximum atomic E-state index is 9.36. The number of aliphatic hydroxyl groups excluding tert-OH is 1. The predicted octanol–water partition coefficient (Wildman–Crippen LogP) is 3.97. The first-order valence-corrected chi connectivity index (χ1v) is 10.1. The average molecular weight is 317 g/mol. The van der Waals surface area contributed by atoms with Gasteiger partial charge >= 0.3 is 0 Å². The Kier molecular flexibility index (Phi) is 5.38. The van der Waals surface area contributed by atoms with E-state index >= 15 is 0 Å². The van der Waals surface area contributed by atoms with Gasteiger partial charge in [-0.3, -0.25) is 0 Å². The molecule has 0 amide bonds. The SMILES string of the molecule is C[C@@H](CO)[C@H](O[Si](C)(C)C)c1cccc(Br)c1. The Morgan fingerprint density at radius 2 is 2.00 bits per heavy atom. The molecule has 0 aromatic heterocycles. The number of benzene rings is 1. The summed E-state index contributed by atoms with van der Waals surface area (Å²) in [6.07, 6.45) is -0.0239. The van der Waals surface area contributed by atoms with Crippen LogP contribution < -0.4 is 0 Å². The van der Waals surface area contributed by atoms with Gasteiger partial charge in [0.25, 0.3) is 0 Å². The number of hydrogen-bond acceptors (Lipinski definition) is 2. The molecule has 0 saturated carbocycles. The van der Waals surface area contributed by atoms with E-state index in [0.29, 0.717) is 0 Å². The Morgan fingerprint density at radius 3 is 2.47 bits per heavy atom. The van der Waals surface area contributed by atoms with Crippen LogP contribution in [-0.4, -0.2) is 20.0 Å². The van der Waals surface area contributed by atoms with E-state index < -0.39 is 8.32 Å². The molecule has 2 atom stereocenters. The highest BCUT2D eigenvalue weighted by Gasteiger charge is 2.26. The molecule has 0 fully saturated rings. The molecule has 0 bridgehead atoms. The van der Waals surface area contributed by atoms with Crippen molar-refractivity contribution in [2.24, 2.45) is 5.92 Å². The molecular formula is C13H21BrO2Si. The largest absolute Gasteiger partial charge is 0.410 e. The fraction of sp³-hybridized carbons (Fsp3) is 0.538. The van der Waals surface area contributed by atoms with E-state index in [2.05, 4.69) is 47.7 Å². The fourth-order valence-electron chi connectivity index (χ4n) is 1.67. The second-order valence-electron chi connectivity index (χ2n) is 5.37. The van der Waals surface area contributed by atoms with Crippen molar-refractivity contribution in [1.82, 2.24) is 0 Å². The van der Waals surface area contributed by atoms with Gasteiger partial charge in [-0.05, 0) is 37.3 Å². The monoisotopic (exact) mass is 316 g/mol. The summed E-state index contributed by atoms with van der Waals surface area (Å²) in [4.78, 5) is 0. The zero-order valence-corrected chi connectivity index (χ0v) is 13.5. The van der Waals surface area contributed by atoms with Crippen LogP contribution in [0.2, 0.25) is 19.6 Å². The summed E-state index contributed by atoms with van der Waals surface area (Å²) in [6, 6.07) is 8.13. The maximum Gasteiger partial charge on any atom is 0.184 e. The Bertz CT molecular complexity index is 363. The zero-order valence-electron chi connectivity index (χ0n) is 10.9. The van der Waals surface area contributed by atoms with Crippen LogP contribution >= 0.6 is 15.9 Å². The molecule has 0 saturated heterocycles. The molecule has 1 N–H and O–H groups in total. The third kappa shape index (κ3) is 4.92. The zero-order chi connectivity index (χ0) is 13.1. The van der Waals surface area contributed by atoms with E-state index in [9.17, 15) is 5.11 Å². The van der Waals surface area contributed by atoms with Gasteiger partial charge in [0.05, 0.1) is 6.10 Å². The van der Waals surface area contributed by atoms with Crippen molar-refractivity contribution in [2.75, 3.05) is 6.61 Å². The number of rotatable bonds is 5. The van der Waals surface area contributed by atoms with Gasteiger partial charge in [0, 0.05) is 17.0 Å². The van der Waals surface area contributed by atoms with Gasteiger partial charge in [-0.1, -0.05) is 35.0 Å². The molecular weight excluding hydrogens is 296 g/mol. The minimum Gasteiger partial charge on any atom is -0.410 e. The molecule has 0 spiro atoms. The minimum absolute atomic E-state index is 0.0239. The van der Waals surface area contributed by atoms with Gasteiger partial charge in [0.1, 0.15) is 0 Å². The number of halogens is 1. The Morgan fingerprint density at radius 1 is 1.35 bits per heavy atom. The quantitative estimate of drug-likeness (QED) is 0.833. The second kappa shape index (κ2) is 6.14. The van der Waals surface area contributed by atoms with E-state index in [1.54, 1.807) is 0 Å². The molecule has 0 unspecified atom stereocenters. The summed E-state index contributed by atoms with van der Waals surface area (Å²) in [6.45, 7) is 8.67. The molecule has 0 heterocycles. The topological polar surface area (TPSA) is 29.5 Å². The molecule has 0 aliphatic rings. The van der Waals surface area contributed by atoms with Crippen LogP contribution in [0.3, 0.4) is 0 Å². The lowest BCUT2D eigenvalue weighted by Crippen LogP contribution is -2.31. The lowest BCUT2D eigenvalue weighted by molar-refractivity contribution is 0.0912. The Hall–Kier alpha value is -0.163. The molecule has 0 aliphatic carbocycles. The highest BCUT2D eigenvalue weighted by atomic mass is 79.9. The first-order valence-electron chi connectivity index (χ1n) is 5.87. The van der Waals surface area contributed by atoms with E-state index in [4.69, 9.17) is 4.43 Å². The lowest BCUT2D eigenvalue weighted by Gasteiger charge is -2.30. The van der Waals surface area contributed by atoms with E-state index in [1.165, 1.54) is 0 Å². The Labute approximate surface area is 113 Å². The Balaban J connectivity index is 2.98. The van der Waals surface area contributed by atoms with Crippen LogP contribution in [0, 0.1) is 5.92 Å². The molecule has 96 valence electrons. The van der Waals surface area contributed by atoms with E-state index in [0.717, 1.165) is 10.0 Å². The third-order valence-electron chi connectivity index (χ3n) is 2.46. The van der Waals surface area contributed by atoms with Crippen LogP contribution in [-0.2, 0) is 4.43 Å². The van der Waals surface area contributed by atoms with E-state index in [1.807, 2.05) is 19.1 Å². The third-order valence-corrected chi connectivity index (χ3v) is 3.92. The highest BCUT2D eigenvalue weighted by molar-refractivity contribution is 9.10. The molecule has 1 rings (SSSR count). The summed E-state index contributed by atoms with van der Waals surface area (Å²) < 4.78 is 7.24. The summed E-state index contributed by atoms with van der Waals surface area (Å²) in [5, 5.41) is 9.36. The molecule has 1 aromatic carbocycles. The molecule has 0 aliphatic heterocycles. The molecule has 0 radical (unpaired) electrons.